The van der Waals surface area contributed by atoms with Gasteiger partial charge in [-0.2, -0.15) is 0 Å². The van der Waals surface area contributed by atoms with E-state index < -0.39 is 0 Å². The molecule has 1 N–H and O–H groups in total. The third kappa shape index (κ3) is 4.83. The highest BCUT2D eigenvalue weighted by atomic mass is 35.5. The van der Waals surface area contributed by atoms with Crippen molar-refractivity contribution in [1.29, 1.82) is 0 Å². The molecule has 1 heterocycles. The van der Waals surface area contributed by atoms with Gasteiger partial charge < -0.3 is 14.7 Å². The van der Waals surface area contributed by atoms with Gasteiger partial charge in [0.25, 0.3) is 5.91 Å². The molecular formula is C15H20Cl2N2O3. The molecule has 0 radical (unpaired) electrons. The molecule has 0 unspecified atom stereocenters. The molecule has 0 aliphatic carbocycles. The molecule has 1 amide bonds. The first-order valence-electron chi connectivity index (χ1n) is 7.27. The van der Waals surface area contributed by atoms with Crippen LogP contribution in [0.3, 0.4) is 0 Å². The van der Waals surface area contributed by atoms with Gasteiger partial charge in [0.05, 0.1) is 30.4 Å². The summed E-state index contributed by atoms with van der Waals surface area (Å²) in [6.07, 6.45) is 0. The van der Waals surface area contributed by atoms with Crippen molar-refractivity contribution in [3.63, 3.8) is 0 Å². The van der Waals surface area contributed by atoms with Crippen molar-refractivity contribution in [3.05, 3.63) is 33.8 Å². The fraction of sp³-hybridized carbons (Fsp3) is 0.533. The van der Waals surface area contributed by atoms with Crippen LogP contribution in [0.1, 0.15) is 10.4 Å². The molecule has 1 fully saturated rings. The molecule has 1 aliphatic heterocycles. The van der Waals surface area contributed by atoms with Crippen LogP contribution in [0.5, 0.6) is 0 Å². The zero-order valence-corrected chi connectivity index (χ0v) is 13.8. The first kappa shape index (κ1) is 17.5. The lowest BCUT2D eigenvalue weighted by Gasteiger charge is -2.30. The normalized spacial score (nSPS) is 15.8. The summed E-state index contributed by atoms with van der Waals surface area (Å²) < 4.78 is 5.31. The summed E-state index contributed by atoms with van der Waals surface area (Å²) in [4.78, 5) is 16.4. The molecular weight excluding hydrogens is 327 g/mol. The smallest absolute Gasteiger partial charge is 0.255 e. The molecule has 0 atom stereocenters. The average molecular weight is 347 g/mol. The number of aliphatic hydroxyl groups is 1. The van der Waals surface area contributed by atoms with Crippen molar-refractivity contribution in [2.45, 2.75) is 0 Å². The maximum atomic E-state index is 12.6. The number of hydrogen-bond acceptors (Lipinski definition) is 4. The Kier molecular flexibility index (Phi) is 6.92. The van der Waals surface area contributed by atoms with Crippen LogP contribution in [0.15, 0.2) is 18.2 Å². The SMILES string of the molecule is O=C(c1ccc(Cl)cc1Cl)N(CCO)CCN1CCOCC1. The monoisotopic (exact) mass is 346 g/mol. The van der Waals surface area contributed by atoms with Crippen LogP contribution in [0.25, 0.3) is 0 Å². The van der Waals surface area contributed by atoms with Gasteiger partial charge in [-0.3, -0.25) is 9.69 Å². The summed E-state index contributed by atoms with van der Waals surface area (Å²) in [6, 6.07) is 4.81. The summed E-state index contributed by atoms with van der Waals surface area (Å²) in [6.45, 7) is 4.65. The lowest BCUT2D eigenvalue weighted by Crippen LogP contribution is -2.44. The van der Waals surface area contributed by atoms with Crippen LogP contribution in [-0.4, -0.2) is 73.4 Å². The third-order valence-electron chi connectivity index (χ3n) is 3.61. The van der Waals surface area contributed by atoms with E-state index in [0.29, 0.717) is 22.2 Å². The van der Waals surface area contributed by atoms with Crippen molar-refractivity contribution >= 4 is 29.1 Å². The highest BCUT2D eigenvalue weighted by Gasteiger charge is 2.19. The van der Waals surface area contributed by atoms with Gasteiger partial charge in [-0.25, -0.2) is 0 Å². The van der Waals surface area contributed by atoms with Crippen molar-refractivity contribution in [3.8, 4) is 0 Å². The van der Waals surface area contributed by atoms with E-state index in [2.05, 4.69) is 4.90 Å². The maximum absolute atomic E-state index is 12.6. The van der Waals surface area contributed by atoms with E-state index in [9.17, 15) is 9.90 Å². The summed E-state index contributed by atoms with van der Waals surface area (Å²) in [5, 5.41) is 10.0. The Morgan fingerprint density at radius 1 is 1.27 bits per heavy atom. The van der Waals surface area contributed by atoms with Gasteiger partial charge in [-0.1, -0.05) is 23.2 Å². The number of rotatable bonds is 6. The molecule has 0 saturated carbocycles. The molecule has 2 rings (SSSR count). The number of hydrogen-bond donors (Lipinski definition) is 1. The van der Waals surface area contributed by atoms with E-state index in [1.54, 1.807) is 23.1 Å². The van der Waals surface area contributed by atoms with Crippen molar-refractivity contribution in [2.75, 3.05) is 52.5 Å². The standard InChI is InChI=1S/C15H20Cl2N2O3/c16-12-1-2-13(14(17)11-12)15(21)19(5-8-20)4-3-18-6-9-22-10-7-18/h1-2,11,20H,3-10H2. The molecule has 5 nitrogen and oxygen atoms in total. The lowest BCUT2D eigenvalue weighted by atomic mass is 10.2. The molecule has 1 aliphatic rings. The van der Waals surface area contributed by atoms with E-state index in [0.717, 1.165) is 32.8 Å². The van der Waals surface area contributed by atoms with Crippen molar-refractivity contribution in [1.82, 2.24) is 9.80 Å². The van der Waals surface area contributed by atoms with Crippen molar-refractivity contribution < 1.29 is 14.6 Å². The van der Waals surface area contributed by atoms with Crippen LogP contribution < -0.4 is 0 Å². The maximum Gasteiger partial charge on any atom is 0.255 e. The number of morpholine rings is 1. The van der Waals surface area contributed by atoms with E-state index in [1.807, 2.05) is 0 Å². The molecule has 1 aromatic rings. The summed E-state index contributed by atoms with van der Waals surface area (Å²) in [7, 11) is 0. The average Bonchev–Trinajstić information content (AvgIpc) is 2.52. The minimum Gasteiger partial charge on any atom is -0.395 e. The highest BCUT2D eigenvalue weighted by Crippen LogP contribution is 2.22. The lowest BCUT2D eigenvalue weighted by molar-refractivity contribution is 0.0315. The quantitative estimate of drug-likeness (QED) is 0.852. The fourth-order valence-corrected chi connectivity index (χ4v) is 2.85. The molecule has 1 aromatic carbocycles. The fourth-order valence-electron chi connectivity index (χ4n) is 2.36. The minimum atomic E-state index is -0.191. The van der Waals surface area contributed by atoms with E-state index in [-0.39, 0.29) is 19.1 Å². The van der Waals surface area contributed by atoms with Gasteiger partial charge in [0.1, 0.15) is 0 Å². The molecule has 7 heteroatoms. The van der Waals surface area contributed by atoms with E-state index in [4.69, 9.17) is 27.9 Å². The largest absolute Gasteiger partial charge is 0.395 e. The molecule has 122 valence electrons. The van der Waals surface area contributed by atoms with Gasteiger partial charge in [0.2, 0.25) is 0 Å². The Bertz CT molecular complexity index is 508. The van der Waals surface area contributed by atoms with Gasteiger partial charge in [0, 0.05) is 37.7 Å². The summed E-state index contributed by atoms with van der Waals surface area (Å²) >= 11 is 12.0. The third-order valence-corrected chi connectivity index (χ3v) is 4.16. The topological polar surface area (TPSA) is 53.0 Å². The first-order chi connectivity index (χ1) is 10.6. The second-order valence-electron chi connectivity index (χ2n) is 5.09. The second-order valence-corrected chi connectivity index (χ2v) is 5.94. The molecule has 0 aromatic heterocycles. The Balaban J connectivity index is 2.00. The van der Waals surface area contributed by atoms with Gasteiger partial charge in [-0.05, 0) is 18.2 Å². The predicted molar refractivity (Wildman–Crippen MR) is 86.7 cm³/mol. The molecule has 0 bridgehead atoms. The Hall–Kier alpha value is -0.850. The number of carbonyl (C=O) groups excluding carboxylic acids is 1. The van der Waals surface area contributed by atoms with E-state index in [1.165, 1.54) is 0 Å². The summed E-state index contributed by atoms with van der Waals surface area (Å²) in [5.41, 5.74) is 0.404. The zero-order valence-electron chi connectivity index (χ0n) is 12.3. The van der Waals surface area contributed by atoms with Crippen LogP contribution in [0.2, 0.25) is 10.0 Å². The summed E-state index contributed by atoms with van der Waals surface area (Å²) in [5.74, 6) is -0.191. The Morgan fingerprint density at radius 2 is 2.00 bits per heavy atom. The Labute approximate surface area is 140 Å². The minimum absolute atomic E-state index is 0.0833. The van der Waals surface area contributed by atoms with Gasteiger partial charge in [0.15, 0.2) is 0 Å². The van der Waals surface area contributed by atoms with Crippen LogP contribution >= 0.6 is 23.2 Å². The number of amides is 1. The number of nitrogens with zero attached hydrogens (tertiary/aromatic N) is 2. The van der Waals surface area contributed by atoms with Crippen LogP contribution in [-0.2, 0) is 4.74 Å². The Morgan fingerprint density at radius 3 is 2.64 bits per heavy atom. The van der Waals surface area contributed by atoms with E-state index >= 15 is 0 Å². The van der Waals surface area contributed by atoms with Gasteiger partial charge >= 0.3 is 0 Å². The molecule has 0 spiro atoms. The predicted octanol–water partition coefficient (Wildman–Crippen LogP) is 1.76. The highest BCUT2D eigenvalue weighted by molar-refractivity contribution is 6.36. The second kappa shape index (κ2) is 8.70. The van der Waals surface area contributed by atoms with Gasteiger partial charge in [-0.15, -0.1) is 0 Å². The number of aliphatic hydroxyl groups excluding tert-OH is 1. The number of ether oxygens (including phenoxy) is 1. The number of halogens is 2. The van der Waals surface area contributed by atoms with Crippen molar-refractivity contribution in [2.24, 2.45) is 0 Å². The zero-order chi connectivity index (χ0) is 15.9. The molecule has 1 saturated heterocycles. The molecule has 22 heavy (non-hydrogen) atoms. The first-order valence-corrected chi connectivity index (χ1v) is 8.02. The number of benzene rings is 1. The van der Waals surface area contributed by atoms with Crippen LogP contribution in [0, 0.1) is 0 Å². The van der Waals surface area contributed by atoms with Crippen LogP contribution in [0.4, 0.5) is 0 Å². The number of carbonyl (C=O) groups is 1.